The molecule has 5 rings (SSSR count). The molecule has 2 aromatic rings. The second-order valence-corrected chi connectivity index (χ2v) is 7.45. The van der Waals surface area contributed by atoms with Crippen LogP contribution in [0.1, 0.15) is 26.7 Å². The number of halogens is 3. The molecule has 0 unspecified atom stereocenters. The Morgan fingerprint density at radius 2 is 1.82 bits per heavy atom. The highest BCUT2D eigenvalue weighted by Gasteiger charge is 2.52. The van der Waals surface area contributed by atoms with Crippen LogP contribution in [0.25, 0.3) is 11.4 Å². The quantitative estimate of drug-likeness (QED) is 0.640. The molecule has 1 amide bonds. The average molecular weight is 484 g/mol. The molecule has 3 aliphatic rings. The number of imidazole rings is 1. The van der Waals surface area contributed by atoms with E-state index in [0.717, 1.165) is 31.6 Å². The molecule has 9 nitrogen and oxygen atoms in total. The van der Waals surface area contributed by atoms with E-state index < -0.39 is 24.9 Å². The van der Waals surface area contributed by atoms with Gasteiger partial charge in [0.05, 0.1) is 12.1 Å². The number of anilines is 2. The standard InChI is InChI=1S/C19H19F3N4O3.C2H6.CH2O2/c20-19(21,22)15-11-29-18(27)26(15)16-10-25-7-8-28-14-9-12(24-5-1-2-6-24)3-4-13(14)17(25)23-16;1-2;2-1-3/h3-4,9-10,15H,1-2,5-8,11H2;1-2H3;1H,(H,2,3)/t15-;;/m0../s1. The first kappa shape index (κ1) is 25.2. The first-order valence-corrected chi connectivity index (χ1v) is 11.0. The number of nitrogens with zero attached hydrogens (tertiary/aromatic N) is 4. The number of rotatable bonds is 2. The van der Waals surface area contributed by atoms with Crippen molar-refractivity contribution in [1.29, 1.82) is 0 Å². The van der Waals surface area contributed by atoms with Crippen LogP contribution >= 0.6 is 0 Å². The van der Waals surface area contributed by atoms with Gasteiger partial charge < -0.3 is 24.0 Å². The third-order valence-electron chi connectivity index (χ3n) is 5.53. The van der Waals surface area contributed by atoms with Gasteiger partial charge in [0.25, 0.3) is 6.47 Å². The third kappa shape index (κ3) is 5.05. The van der Waals surface area contributed by atoms with Crippen LogP contribution in [0, 0.1) is 0 Å². The zero-order chi connectivity index (χ0) is 24.9. The predicted octanol–water partition coefficient (Wildman–Crippen LogP) is 4.16. The van der Waals surface area contributed by atoms with Gasteiger partial charge in [0.1, 0.15) is 24.8 Å². The Labute approximate surface area is 194 Å². The molecule has 1 aromatic carbocycles. The summed E-state index contributed by atoms with van der Waals surface area (Å²) in [6.45, 7) is 5.77. The van der Waals surface area contributed by atoms with Crippen molar-refractivity contribution in [3.63, 3.8) is 0 Å². The molecule has 34 heavy (non-hydrogen) atoms. The molecular formula is C22H27F3N4O5. The van der Waals surface area contributed by atoms with Crippen molar-refractivity contribution in [2.45, 2.75) is 45.5 Å². The first-order chi connectivity index (χ1) is 16.3. The van der Waals surface area contributed by atoms with E-state index in [9.17, 15) is 18.0 Å². The maximum atomic E-state index is 13.3. The van der Waals surface area contributed by atoms with Gasteiger partial charge in [-0.3, -0.25) is 4.79 Å². The second-order valence-electron chi connectivity index (χ2n) is 7.45. The van der Waals surface area contributed by atoms with Crippen LogP contribution in [-0.2, 0) is 16.1 Å². The van der Waals surface area contributed by atoms with Crippen molar-refractivity contribution in [1.82, 2.24) is 9.55 Å². The Hall–Kier alpha value is -3.44. The number of hydrogen-bond donors (Lipinski definition) is 1. The molecule has 3 aliphatic heterocycles. The summed E-state index contributed by atoms with van der Waals surface area (Å²) in [7, 11) is 0. The summed E-state index contributed by atoms with van der Waals surface area (Å²) in [5.41, 5.74) is 1.74. The van der Waals surface area contributed by atoms with Crippen molar-refractivity contribution in [2.75, 3.05) is 36.1 Å². The highest BCUT2D eigenvalue weighted by molar-refractivity contribution is 5.90. The number of benzene rings is 1. The fourth-order valence-corrected chi connectivity index (χ4v) is 4.06. The van der Waals surface area contributed by atoms with Crippen LogP contribution in [0.15, 0.2) is 24.4 Å². The second kappa shape index (κ2) is 10.7. The van der Waals surface area contributed by atoms with Crippen LogP contribution < -0.4 is 14.5 Å². The Balaban J connectivity index is 0.000000603. The molecule has 1 aromatic heterocycles. The molecule has 2 fully saturated rings. The molecule has 1 atom stereocenters. The Kier molecular flexibility index (Phi) is 7.90. The summed E-state index contributed by atoms with van der Waals surface area (Å²) in [6, 6.07) is 3.76. The minimum absolute atomic E-state index is 0.0682. The van der Waals surface area contributed by atoms with Gasteiger partial charge in [0, 0.05) is 31.0 Å². The van der Waals surface area contributed by atoms with E-state index >= 15 is 0 Å². The van der Waals surface area contributed by atoms with Crippen LogP contribution in [0.5, 0.6) is 5.75 Å². The fourth-order valence-electron chi connectivity index (χ4n) is 4.06. The number of carbonyl (C=O) groups is 2. The maximum Gasteiger partial charge on any atom is 0.416 e. The minimum atomic E-state index is -4.60. The normalized spacial score (nSPS) is 18.9. The molecule has 0 aliphatic carbocycles. The number of carboxylic acid groups (broad SMARTS) is 1. The molecule has 186 valence electrons. The zero-order valence-corrected chi connectivity index (χ0v) is 18.9. The average Bonchev–Trinajstić information content (AvgIpc) is 3.54. The largest absolute Gasteiger partial charge is 0.491 e. The summed E-state index contributed by atoms with van der Waals surface area (Å²) in [5, 5.41) is 6.89. The van der Waals surface area contributed by atoms with Crippen LogP contribution in [0.3, 0.4) is 0 Å². The van der Waals surface area contributed by atoms with Gasteiger partial charge in [0.15, 0.2) is 11.9 Å². The molecule has 12 heteroatoms. The lowest BCUT2D eigenvalue weighted by atomic mass is 10.1. The van der Waals surface area contributed by atoms with E-state index in [4.69, 9.17) is 14.6 Å². The SMILES string of the molecule is CC.O=C1OC[C@@H](C(F)(F)F)N1c1cn2c(n1)-c1ccc(N3CCCC3)cc1OCC2.O=CO. The van der Waals surface area contributed by atoms with Crippen molar-refractivity contribution >= 4 is 24.1 Å². The topological polar surface area (TPSA) is 97.1 Å². The van der Waals surface area contributed by atoms with Crippen molar-refractivity contribution in [2.24, 2.45) is 0 Å². The van der Waals surface area contributed by atoms with Gasteiger partial charge in [-0.15, -0.1) is 0 Å². The summed E-state index contributed by atoms with van der Waals surface area (Å²) in [4.78, 5) is 27.6. The number of ether oxygens (including phenoxy) is 2. The van der Waals surface area contributed by atoms with E-state index in [0.29, 0.717) is 35.2 Å². The van der Waals surface area contributed by atoms with Crippen LogP contribution in [0.2, 0.25) is 0 Å². The number of hydrogen-bond acceptors (Lipinski definition) is 6. The van der Waals surface area contributed by atoms with E-state index in [2.05, 4.69) is 14.6 Å². The molecule has 0 saturated carbocycles. The molecule has 0 spiro atoms. The lowest BCUT2D eigenvalue weighted by Gasteiger charge is -2.21. The lowest BCUT2D eigenvalue weighted by Crippen LogP contribution is -2.44. The monoisotopic (exact) mass is 484 g/mol. The van der Waals surface area contributed by atoms with Crippen molar-refractivity contribution < 1.29 is 37.3 Å². The van der Waals surface area contributed by atoms with Crippen LogP contribution in [0.4, 0.5) is 29.5 Å². The summed E-state index contributed by atoms with van der Waals surface area (Å²) in [6.07, 6.45) is -1.89. The third-order valence-corrected chi connectivity index (χ3v) is 5.53. The van der Waals surface area contributed by atoms with Gasteiger partial charge in [-0.1, -0.05) is 13.8 Å². The van der Waals surface area contributed by atoms with Gasteiger partial charge in [-0.05, 0) is 25.0 Å². The maximum absolute atomic E-state index is 13.3. The summed E-state index contributed by atoms with van der Waals surface area (Å²) in [5.74, 6) is 1.05. The van der Waals surface area contributed by atoms with Gasteiger partial charge in [-0.25, -0.2) is 14.7 Å². The summed E-state index contributed by atoms with van der Waals surface area (Å²) >= 11 is 0. The molecule has 0 radical (unpaired) electrons. The van der Waals surface area contributed by atoms with E-state index in [1.807, 2.05) is 32.0 Å². The zero-order valence-electron chi connectivity index (χ0n) is 18.9. The van der Waals surface area contributed by atoms with Crippen molar-refractivity contribution in [3.05, 3.63) is 24.4 Å². The van der Waals surface area contributed by atoms with E-state index in [1.54, 1.807) is 4.57 Å². The van der Waals surface area contributed by atoms with Crippen molar-refractivity contribution in [3.8, 4) is 17.1 Å². The smallest absolute Gasteiger partial charge is 0.416 e. The Bertz CT molecular complexity index is 1000. The molecule has 2 saturated heterocycles. The van der Waals surface area contributed by atoms with Crippen LogP contribution in [-0.4, -0.2) is 65.7 Å². The number of carbonyl (C=O) groups excluding carboxylic acids is 1. The van der Waals surface area contributed by atoms with Gasteiger partial charge >= 0.3 is 12.3 Å². The molecular weight excluding hydrogens is 457 g/mol. The Morgan fingerprint density at radius 3 is 2.47 bits per heavy atom. The van der Waals surface area contributed by atoms with E-state index in [1.165, 1.54) is 6.20 Å². The lowest BCUT2D eigenvalue weighted by molar-refractivity contribution is -0.147. The first-order valence-electron chi connectivity index (χ1n) is 11.0. The molecule has 0 bridgehead atoms. The van der Waals surface area contributed by atoms with E-state index in [-0.39, 0.29) is 12.3 Å². The fraction of sp³-hybridized carbons (Fsp3) is 0.500. The predicted molar refractivity (Wildman–Crippen MR) is 118 cm³/mol. The number of alkyl halides is 3. The highest BCUT2D eigenvalue weighted by atomic mass is 19.4. The highest BCUT2D eigenvalue weighted by Crippen LogP contribution is 2.39. The van der Waals surface area contributed by atoms with Gasteiger partial charge in [0.2, 0.25) is 0 Å². The Morgan fingerprint density at radius 1 is 1.15 bits per heavy atom. The number of fused-ring (bicyclic) bond motifs is 3. The summed E-state index contributed by atoms with van der Waals surface area (Å²) < 4.78 is 52.2. The molecule has 1 N–H and O–H groups in total. The van der Waals surface area contributed by atoms with Gasteiger partial charge in [-0.2, -0.15) is 13.2 Å². The minimum Gasteiger partial charge on any atom is -0.491 e. The molecule has 4 heterocycles. The number of cyclic esters (lactones) is 1. The number of amides is 1. The number of aromatic nitrogens is 2.